The Hall–Kier alpha value is -1.14. The van der Waals surface area contributed by atoms with Crippen molar-refractivity contribution in [1.29, 1.82) is 0 Å². The van der Waals surface area contributed by atoms with E-state index in [4.69, 9.17) is 11.6 Å². The Labute approximate surface area is 127 Å². The molecule has 0 aromatic carbocycles. The zero-order valence-corrected chi connectivity index (χ0v) is 13.2. The van der Waals surface area contributed by atoms with Crippen molar-refractivity contribution in [2.24, 2.45) is 5.41 Å². The fraction of sp³-hybridized carbons (Fsp3) is 0.615. The van der Waals surface area contributed by atoms with Gasteiger partial charge in [0.15, 0.2) is 0 Å². The van der Waals surface area contributed by atoms with Gasteiger partial charge in [-0.15, -0.1) is 22.9 Å². The van der Waals surface area contributed by atoms with Gasteiger partial charge in [-0.25, -0.2) is 4.98 Å². The molecule has 1 atom stereocenters. The van der Waals surface area contributed by atoms with E-state index in [-0.39, 0.29) is 18.2 Å². The van der Waals surface area contributed by atoms with Crippen molar-refractivity contribution >= 4 is 34.8 Å². The minimum atomic E-state index is -0.478. The van der Waals surface area contributed by atoms with Gasteiger partial charge in [-0.3, -0.25) is 9.59 Å². The van der Waals surface area contributed by atoms with Gasteiger partial charge in [-0.2, -0.15) is 0 Å². The Morgan fingerprint density at radius 2 is 2.35 bits per heavy atom. The molecular formula is C13H18ClN3O2S. The molecule has 1 aromatic rings. The fourth-order valence-electron chi connectivity index (χ4n) is 2.39. The van der Waals surface area contributed by atoms with Crippen LogP contribution >= 0.6 is 22.9 Å². The molecule has 1 aliphatic rings. The number of carbonyl (C=O) groups is 2. The maximum absolute atomic E-state index is 12.2. The van der Waals surface area contributed by atoms with Gasteiger partial charge in [-0.1, -0.05) is 0 Å². The number of likely N-dealkylation sites (tertiary alicyclic amines) is 1. The van der Waals surface area contributed by atoms with Crippen molar-refractivity contribution in [1.82, 2.24) is 15.2 Å². The monoisotopic (exact) mass is 315 g/mol. The molecule has 0 spiro atoms. The number of hydrogen-bond acceptors (Lipinski definition) is 4. The Bertz CT molecular complexity index is 519. The van der Waals surface area contributed by atoms with E-state index in [2.05, 4.69) is 10.3 Å². The Kier molecular flexibility index (Phi) is 4.65. The van der Waals surface area contributed by atoms with Crippen molar-refractivity contribution in [3.05, 3.63) is 16.1 Å². The van der Waals surface area contributed by atoms with Gasteiger partial charge in [0.2, 0.25) is 11.8 Å². The third-order valence-electron chi connectivity index (χ3n) is 3.64. The zero-order valence-electron chi connectivity index (χ0n) is 11.6. The summed E-state index contributed by atoms with van der Waals surface area (Å²) < 4.78 is 0. The normalized spacial score (nSPS) is 22.1. The largest absolute Gasteiger partial charge is 0.359 e. The maximum Gasteiger partial charge on any atom is 0.229 e. The summed E-state index contributed by atoms with van der Waals surface area (Å²) in [5, 5.41) is 5.31. The summed E-state index contributed by atoms with van der Waals surface area (Å²) in [5.41, 5.74) is 0.324. The molecule has 7 heteroatoms. The number of amides is 2. The van der Waals surface area contributed by atoms with Crippen LogP contribution in [0.5, 0.6) is 0 Å². The van der Waals surface area contributed by atoms with E-state index in [0.29, 0.717) is 25.4 Å². The number of alkyl halides is 1. The summed E-state index contributed by atoms with van der Waals surface area (Å²) in [6.07, 6.45) is 0.981. The lowest BCUT2D eigenvalue weighted by atomic mass is 9.89. The van der Waals surface area contributed by atoms with Gasteiger partial charge in [0, 0.05) is 25.5 Å². The number of halogens is 1. The topological polar surface area (TPSA) is 62.3 Å². The lowest BCUT2D eigenvalue weighted by Gasteiger charge is -2.22. The number of nitrogens with one attached hydrogen (secondary N) is 1. The fourth-order valence-corrected chi connectivity index (χ4v) is 3.41. The molecule has 0 aliphatic carbocycles. The van der Waals surface area contributed by atoms with Gasteiger partial charge >= 0.3 is 0 Å². The first-order chi connectivity index (χ1) is 9.48. The summed E-state index contributed by atoms with van der Waals surface area (Å²) >= 11 is 7.15. The number of nitrogens with zero attached hydrogens (tertiary/aromatic N) is 2. The van der Waals surface area contributed by atoms with Crippen molar-refractivity contribution in [2.75, 3.05) is 20.1 Å². The van der Waals surface area contributed by atoms with Crippen LogP contribution in [0.2, 0.25) is 0 Å². The highest BCUT2D eigenvalue weighted by Crippen LogP contribution is 2.30. The smallest absolute Gasteiger partial charge is 0.229 e. The minimum absolute atomic E-state index is 0.00789. The number of rotatable bonds is 4. The zero-order chi connectivity index (χ0) is 14.8. The standard InChI is InChI=1S/C13H18ClN3O2S/c1-13(12(19)15-2)3-4-17(8-13)11(18)5-10-16-9(6-14)7-20-10/h7H,3-6,8H2,1-2H3,(H,15,19). The van der Waals surface area contributed by atoms with Crippen LogP contribution in [0.25, 0.3) is 0 Å². The van der Waals surface area contributed by atoms with Crippen molar-refractivity contribution in [3.63, 3.8) is 0 Å². The molecule has 2 amide bonds. The Balaban J connectivity index is 1.96. The molecule has 1 unspecified atom stereocenters. The molecule has 0 saturated carbocycles. The molecule has 1 fully saturated rings. The van der Waals surface area contributed by atoms with E-state index in [1.807, 2.05) is 12.3 Å². The maximum atomic E-state index is 12.2. The van der Waals surface area contributed by atoms with Crippen molar-refractivity contribution in [2.45, 2.75) is 25.6 Å². The molecule has 1 N–H and O–H groups in total. The van der Waals surface area contributed by atoms with Gasteiger partial charge in [0.25, 0.3) is 0 Å². The van der Waals surface area contributed by atoms with Crippen LogP contribution < -0.4 is 5.32 Å². The average Bonchev–Trinajstić information content (AvgIpc) is 3.05. The number of hydrogen-bond donors (Lipinski definition) is 1. The summed E-state index contributed by atoms with van der Waals surface area (Å²) in [5.74, 6) is 0.378. The summed E-state index contributed by atoms with van der Waals surface area (Å²) in [4.78, 5) is 30.1. The second kappa shape index (κ2) is 6.10. The molecule has 5 nitrogen and oxygen atoms in total. The quantitative estimate of drug-likeness (QED) is 0.855. The van der Waals surface area contributed by atoms with Crippen LogP contribution in [0.15, 0.2) is 5.38 Å². The molecule has 0 bridgehead atoms. The molecule has 2 heterocycles. The minimum Gasteiger partial charge on any atom is -0.359 e. The van der Waals surface area contributed by atoms with E-state index in [1.54, 1.807) is 11.9 Å². The molecule has 0 radical (unpaired) electrons. The summed E-state index contributed by atoms with van der Waals surface area (Å²) in [6, 6.07) is 0. The first-order valence-corrected chi connectivity index (χ1v) is 7.89. The van der Waals surface area contributed by atoms with Crippen LogP contribution in [-0.2, 0) is 21.9 Å². The second-order valence-electron chi connectivity index (χ2n) is 5.25. The molecule has 2 rings (SSSR count). The Morgan fingerprint density at radius 1 is 1.60 bits per heavy atom. The van der Waals surface area contributed by atoms with E-state index in [9.17, 15) is 9.59 Å². The number of carbonyl (C=O) groups excluding carboxylic acids is 2. The van der Waals surface area contributed by atoms with Crippen LogP contribution in [0, 0.1) is 5.41 Å². The lowest BCUT2D eigenvalue weighted by molar-refractivity contribution is -0.132. The molecular weight excluding hydrogens is 298 g/mol. The molecule has 1 saturated heterocycles. The van der Waals surface area contributed by atoms with Gasteiger partial charge in [-0.05, 0) is 13.3 Å². The third kappa shape index (κ3) is 3.12. The van der Waals surface area contributed by atoms with E-state index < -0.39 is 5.41 Å². The van der Waals surface area contributed by atoms with Crippen LogP contribution in [0.4, 0.5) is 0 Å². The van der Waals surface area contributed by atoms with Crippen LogP contribution in [0.1, 0.15) is 24.0 Å². The SMILES string of the molecule is CNC(=O)C1(C)CCN(C(=O)Cc2nc(CCl)cs2)C1. The van der Waals surface area contributed by atoms with Gasteiger partial charge < -0.3 is 10.2 Å². The third-order valence-corrected chi connectivity index (χ3v) is 4.81. The Morgan fingerprint density at radius 3 is 2.95 bits per heavy atom. The highest BCUT2D eigenvalue weighted by molar-refractivity contribution is 7.09. The molecule has 110 valence electrons. The highest BCUT2D eigenvalue weighted by Gasteiger charge is 2.41. The molecule has 1 aromatic heterocycles. The van der Waals surface area contributed by atoms with Gasteiger partial charge in [0.05, 0.1) is 23.4 Å². The highest BCUT2D eigenvalue weighted by atomic mass is 35.5. The second-order valence-corrected chi connectivity index (χ2v) is 6.46. The first-order valence-electron chi connectivity index (χ1n) is 6.48. The lowest BCUT2D eigenvalue weighted by Crippen LogP contribution is -2.40. The van der Waals surface area contributed by atoms with Gasteiger partial charge in [0.1, 0.15) is 5.01 Å². The van der Waals surface area contributed by atoms with Crippen LogP contribution in [-0.4, -0.2) is 41.8 Å². The molecule has 1 aliphatic heterocycles. The van der Waals surface area contributed by atoms with Crippen LogP contribution in [0.3, 0.4) is 0 Å². The van der Waals surface area contributed by atoms with E-state index in [1.165, 1.54) is 11.3 Å². The predicted octanol–water partition coefficient (Wildman–Crippen LogP) is 1.41. The predicted molar refractivity (Wildman–Crippen MR) is 78.7 cm³/mol. The number of thiazole rings is 1. The van der Waals surface area contributed by atoms with E-state index in [0.717, 1.165) is 10.7 Å². The summed E-state index contributed by atoms with van der Waals surface area (Å²) in [6.45, 7) is 2.99. The number of aromatic nitrogens is 1. The molecule has 20 heavy (non-hydrogen) atoms. The first kappa shape index (κ1) is 15.3. The summed E-state index contributed by atoms with van der Waals surface area (Å²) in [7, 11) is 1.63. The van der Waals surface area contributed by atoms with Crippen molar-refractivity contribution in [3.8, 4) is 0 Å². The average molecular weight is 316 g/mol. The van der Waals surface area contributed by atoms with E-state index >= 15 is 0 Å². The van der Waals surface area contributed by atoms with Crippen molar-refractivity contribution < 1.29 is 9.59 Å².